The lowest BCUT2D eigenvalue weighted by molar-refractivity contribution is -0.126. The number of unbranched alkanes of at least 4 members (excludes halogenated alkanes) is 14. The summed E-state index contributed by atoms with van der Waals surface area (Å²) in [6.07, 6.45) is 22.0. The van der Waals surface area contributed by atoms with E-state index in [4.69, 9.17) is 0 Å². The molecule has 5 nitrogen and oxygen atoms in total. The van der Waals surface area contributed by atoms with Crippen LogP contribution in [0.2, 0.25) is 0 Å². The Hall–Kier alpha value is -1.23. The lowest BCUT2D eigenvalue weighted by Gasteiger charge is -2.16. The quantitative estimate of drug-likeness (QED) is 0.113. The third-order valence-corrected chi connectivity index (χ3v) is 6.98. The van der Waals surface area contributed by atoms with E-state index in [0.717, 1.165) is 38.8 Å². The van der Waals surface area contributed by atoms with Crippen molar-refractivity contribution >= 4 is 17.5 Å². The molecule has 0 radical (unpaired) electrons. The minimum absolute atomic E-state index is 0.0144. The van der Waals surface area contributed by atoms with Crippen LogP contribution < -0.4 is 10.6 Å². The van der Waals surface area contributed by atoms with Crippen LogP contribution in [-0.2, 0) is 14.4 Å². The Morgan fingerprint density at radius 3 is 1.38 bits per heavy atom. The molecule has 0 bridgehead atoms. The van der Waals surface area contributed by atoms with E-state index < -0.39 is 0 Å². The molecule has 0 heterocycles. The van der Waals surface area contributed by atoms with E-state index in [-0.39, 0.29) is 23.1 Å². The van der Waals surface area contributed by atoms with Gasteiger partial charge in [-0.15, -0.1) is 0 Å². The van der Waals surface area contributed by atoms with Crippen molar-refractivity contribution in [3.8, 4) is 0 Å². The molecule has 0 atom stereocenters. The van der Waals surface area contributed by atoms with Crippen molar-refractivity contribution in [2.75, 3.05) is 13.1 Å². The Morgan fingerprint density at radius 1 is 0.541 bits per heavy atom. The predicted molar refractivity (Wildman–Crippen MR) is 158 cm³/mol. The van der Waals surface area contributed by atoms with Crippen LogP contribution in [0.3, 0.4) is 0 Å². The van der Waals surface area contributed by atoms with Gasteiger partial charge < -0.3 is 10.6 Å². The van der Waals surface area contributed by atoms with Crippen LogP contribution in [0, 0.1) is 5.41 Å². The second-order valence-corrected chi connectivity index (χ2v) is 12.3. The molecule has 0 aromatic rings. The zero-order valence-electron chi connectivity index (χ0n) is 25.4. The summed E-state index contributed by atoms with van der Waals surface area (Å²) in [6.45, 7) is 12.2. The number of hydrogen-bond acceptors (Lipinski definition) is 4. The van der Waals surface area contributed by atoms with Gasteiger partial charge in [0.05, 0.1) is 0 Å². The second-order valence-electron chi connectivity index (χ2n) is 12.3. The van der Waals surface area contributed by atoms with Crippen molar-refractivity contribution in [3.63, 3.8) is 0 Å². The Bertz CT molecular complexity index is 581. The van der Waals surface area contributed by atoms with Gasteiger partial charge in [0.2, 0.25) is 5.91 Å². The summed E-state index contributed by atoms with van der Waals surface area (Å²) in [7, 11) is 0. The van der Waals surface area contributed by atoms with E-state index in [0.29, 0.717) is 25.0 Å². The number of hydrogen-bond donors (Lipinski definition) is 2. The molecule has 1 amide bonds. The monoisotopic (exact) mass is 522 g/mol. The first-order valence-corrected chi connectivity index (χ1v) is 15.7. The Labute approximate surface area is 230 Å². The molecule has 0 unspecified atom stereocenters. The smallest absolute Gasteiger partial charge is 0.220 e. The number of amides is 1. The standard InChI is InChI=1S/C32H62N2O3/c1-28(2)34-31(37)25-24-29(35)22-18-14-10-7-6-8-12-16-20-26-33-27-21-17-13-9-11-15-19-23-30(36)32(3,4)5/h28,33H,6-27H2,1-5H3,(H,34,37). The molecule has 0 spiro atoms. The summed E-state index contributed by atoms with van der Waals surface area (Å²) in [5.41, 5.74) is -0.173. The summed E-state index contributed by atoms with van der Waals surface area (Å²) < 4.78 is 0. The number of rotatable bonds is 26. The summed E-state index contributed by atoms with van der Waals surface area (Å²) >= 11 is 0. The summed E-state index contributed by atoms with van der Waals surface area (Å²) in [5.74, 6) is 0.613. The molecule has 0 aliphatic rings. The maximum atomic E-state index is 11.9. The molecular weight excluding hydrogens is 460 g/mol. The van der Waals surface area contributed by atoms with Gasteiger partial charge in [0, 0.05) is 37.1 Å². The first-order chi connectivity index (χ1) is 17.6. The van der Waals surface area contributed by atoms with Crippen molar-refractivity contribution in [3.05, 3.63) is 0 Å². The molecule has 218 valence electrons. The van der Waals surface area contributed by atoms with E-state index in [9.17, 15) is 14.4 Å². The third kappa shape index (κ3) is 26.2. The van der Waals surface area contributed by atoms with Gasteiger partial charge in [-0.1, -0.05) is 97.8 Å². The van der Waals surface area contributed by atoms with E-state index in [2.05, 4.69) is 10.6 Å². The third-order valence-electron chi connectivity index (χ3n) is 6.98. The van der Waals surface area contributed by atoms with Crippen LogP contribution in [0.15, 0.2) is 0 Å². The largest absolute Gasteiger partial charge is 0.354 e. The molecule has 37 heavy (non-hydrogen) atoms. The number of carbonyl (C=O) groups is 3. The molecule has 5 heteroatoms. The van der Waals surface area contributed by atoms with Crippen LogP contribution in [0.25, 0.3) is 0 Å². The molecule has 0 aliphatic heterocycles. The minimum atomic E-state index is -0.173. The van der Waals surface area contributed by atoms with Crippen molar-refractivity contribution < 1.29 is 14.4 Å². The van der Waals surface area contributed by atoms with Gasteiger partial charge >= 0.3 is 0 Å². The van der Waals surface area contributed by atoms with Gasteiger partial charge in [-0.2, -0.15) is 0 Å². The molecule has 0 aromatic heterocycles. The average molecular weight is 523 g/mol. The molecule has 0 aliphatic carbocycles. The Morgan fingerprint density at radius 2 is 0.946 bits per heavy atom. The van der Waals surface area contributed by atoms with Crippen LogP contribution in [0.4, 0.5) is 0 Å². The van der Waals surface area contributed by atoms with E-state index in [1.807, 2.05) is 34.6 Å². The molecule has 0 saturated carbocycles. The maximum Gasteiger partial charge on any atom is 0.220 e. The second kappa shape index (κ2) is 23.9. The highest BCUT2D eigenvalue weighted by Crippen LogP contribution is 2.19. The molecule has 0 rings (SSSR count). The fourth-order valence-electron chi connectivity index (χ4n) is 4.50. The highest BCUT2D eigenvalue weighted by molar-refractivity contribution is 5.85. The lowest BCUT2D eigenvalue weighted by Crippen LogP contribution is -2.30. The number of nitrogens with one attached hydrogen (secondary N) is 2. The van der Waals surface area contributed by atoms with Crippen LogP contribution in [0.1, 0.15) is 163 Å². The van der Waals surface area contributed by atoms with Gasteiger partial charge in [-0.25, -0.2) is 0 Å². The SMILES string of the molecule is CC(C)NC(=O)CCC(=O)CCCCCCCCCCCNCCCCCCCCCC(=O)C(C)(C)C. The summed E-state index contributed by atoms with van der Waals surface area (Å²) in [4.78, 5) is 35.3. The van der Waals surface area contributed by atoms with E-state index in [1.54, 1.807) is 0 Å². The first-order valence-electron chi connectivity index (χ1n) is 15.7. The summed E-state index contributed by atoms with van der Waals surface area (Å²) in [6, 6.07) is 0.143. The fourth-order valence-corrected chi connectivity index (χ4v) is 4.50. The zero-order valence-corrected chi connectivity index (χ0v) is 25.4. The number of ketones is 2. The van der Waals surface area contributed by atoms with Crippen LogP contribution >= 0.6 is 0 Å². The minimum Gasteiger partial charge on any atom is -0.354 e. The van der Waals surface area contributed by atoms with Crippen molar-refractivity contribution in [2.24, 2.45) is 5.41 Å². The van der Waals surface area contributed by atoms with Gasteiger partial charge in [0.1, 0.15) is 11.6 Å². The Kier molecular flexibility index (Phi) is 23.1. The maximum absolute atomic E-state index is 11.9. The highest BCUT2D eigenvalue weighted by atomic mass is 16.2. The van der Waals surface area contributed by atoms with Crippen molar-refractivity contribution in [2.45, 2.75) is 169 Å². The van der Waals surface area contributed by atoms with Gasteiger partial charge in [-0.05, 0) is 52.6 Å². The highest BCUT2D eigenvalue weighted by Gasteiger charge is 2.19. The number of Topliss-reactive ketones (excluding diaryl/α,β-unsaturated/α-hetero) is 2. The topological polar surface area (TPSA) is 75.3 Å². The van der Waals surface area contributed by atoms with E-state index in [1.165, 1.54) is 83.5 Å². The Balaban J connectivity index is 3.23. The van der Waals surface area contributed by atoms with Crippen LogP contribution in [0.5, 0.6) is 0 Å². The van der Waals surface area contributed by atoms with Crippen molar-refractivity contribution in [1.82, 2.24) is 10.6 Å². The molecule has 0 saturated heterocycles. The normalized spacial score (nSPS) is 11.7. The molecule has 0 fully saturated rings. The fraction of sp³-hybridized carbons (Fsp3) is 0.906. The molecular formula is C32H62N2O3. The van der Waals surface area contributed by atoms with Gasteiger partial charge in [0.15, 0.2) is 0 Å². The first kappa shape index (κ1) is 35.8. The molecule has 2 N–H and O–H groups in total. The summed E-state index contributed by atoms with van der Waals surface area (Å²) in [5, 5.41) is 6.43. The average Bonchev–Trinajstić information content (AvgIpc) is 2.82. The van der Waals surface area contributed by atoms with Crippen molar-refractivity contribution in [1.29, 1.82) is 0 Å². The predicted octanol–water partition coefficient (Wildman–Crippen LogP) is 8.09. The van der Waals surface area contributed by atoms with E-state index >= 15 is 0 Å². The number of carbonyl (C=O) groups excluding carboxylic acids is 3. The van der Waals surface area contributed by atoms with Gasteiger partial charge in [0.25, 0.3) is 0 Å². The zero-order chi connectivity index (χ0) is 27.8. The molecule has 0 aromatic carbocycles. The van der Waals surface area contributed by atoms with Gasteiger partial charge in [-0.3, -0.25) is 14.4 Å². The van der Waals surface area contributed by atoms with Crippen LogP contribution in [-0.4, -0.2) is 36.6 Å². The lowest BCUT2D eigenvalue weighted by atomic mass is 9.88.